The van der Waals surface area contributed by atoms with Gasteiger partial charge in [0.1, 0.15) is 12.4 Å². The van der Waals surface area contributed by atoms with E-state index < -0.39 is 12.1 Å². The van der Waals surface area contributed by atoms with Gasteiger partial charge in [0.15, 0.2) is 0 Å². The Bertz CT molecular complexity index is 187. The van der Waals surface area contributed by atoms with Gasteiger partial charge in [0.05, 0.1) is 6.04 Å². The van der Waals surface area contributed by atoms with E-state index in [1.165, 1.54) is 0 Å². The molecule has 0 heterocycles. The second-order valence-electron chi connectivity index (χ2n) is 3.38. The van der Waals surface area contributed by atoms with E-state index in [-0.39, 0.29) is 6.10 Å². The molecule has 74 valence electrons. The number of alkyl carbamates (subject to hydrolysis) is 1. The van der Waals surface area contributed by atoms with Gasteiger partial charge in [-0.1, -0.05) is 0 Å². The van der Waals surface area contributed by atoms with Crippen LogP contribution >= 0.6 is 0 Å². The topological polar surface area (TPSA) is 55.4 Å². The molecule has 1 aliphatic carbocycles. The Morgan fingerprint density at radius 3 is 2.69 bits per heavy atom. The minimum absolute atomic E-state index is 0.0545. The van der Waals surface area contributed by atoms with E-state index >= 15 is 0 Å². The van der Waals surface area contributed by atoms with E-state index in [1.807, 2.05) is 0 Å². The van der Waals surface area contributed by atoms with Crippen molar-refractivity contribution >= 4 is 12.4 Å². The third-order valence-electron chi connectivity index (χ3n) is 2.13. The first kappa shape index (κ1) is 10.0. The lowest BCUT2D eigenvalue weighted by molar-refractivity contribution is -0.109. The van der Waals surface area contributed by atoms with Gasteiger partial charge in [0.25, 0.3) is 0 Å². The number of hydrogen-bond acceptors (Lipinski definition) is 3. The van der Waals surface area contributed by atoms with E-state index in [2.05, 4.69) is 5.32 Å². The molecule has 1 rings (SSSR count). The number of hydrogen-bond donors (Lipinski definition) is 1. The molecule has 0 aromatic carbocycles. The van der Waals surface area contributed by atoms with E-state index in [4.69, 9.17) is 4.74 Å². The Labute approximate surface area is 77.6 Å². The summed E-state index contributed by atoms with van der Waals surface area (Å²) in [6, 6.07) is -0.464. The predicted molar refractivity (Wildman–Crippen MR) is 47.4 cm³/mol. The van der Waals surface area contributed by atoms with Crippen molar-refractivity contribution in [1.29, 1.82) is 0 Å². The number of rotatable bonds is 3. The molecule has 0 bridgehead atoms. The maximum Gasteiger partial charge on any atom is 0.407 e. The SMILES string of the molecule is CC(C=O)NC(=O)OC1CCCC1. The number of nitrogens with one attached hydrogen (secondary N) is 1. The van der Waals surface area contributed by atoms with E-state index in [9.17, 15) is 9.59 Å². The summed E-state index contributed by atoms with van der Waals surface area (Å²) in [5, 5.41) is 2.43. The number of amides is 1. The molecule has 0 aromatic rings. The van der Waals surface area contributed by atoms with Crippen LogP contribution in [0.1, 0.15) is 32.6 Å². The highest BCUT2D eigenvalue weighted by atomic mass is 16.6. The van der Waals surface area contributed by atoms with Gasteiger partial charge in [-0.3, -0.25) is 0 Å². The Balaban J connectivity index is 2.20. The van der Waals surface area contributed by atoms with Crippen LogP contribution in [0, 0.1) is 0 Å². The second-order valence-corrected chi connectivity index (χ2v) is 3.38. The highest BCUT2D eigenvalue weighted by Crippen LogP contribution is 2.20. The molecule has 4 nitrogen and oxygen atoms in total. The van der Waals surface area contributed by atoms with Crippen LogP contribution in [-0.4, -0.2) is 24.5 Å². The molecule has 1 unspecified atom stereocenters. The molecule has 1 fully saturated rings. The van der Waals surface area contributed by atoms with Gasteiger partial charge in [-0.25, -0.2) is 4.79 Å². The van der Waals surface area contributed by atoms with Crippen molar-refractivity contribution < 1.29 is 14.3 Å². The Morgan fingerprint density at radius 2 is 2.15 bits per heavy atom. The highest BCUT2D eigenvalue weighted by molar-refractivity contribution is 5.72. The summed E-state index contributed by atoms with van der Waals surface area (Å²) in [7, 11) is 0. The van der Waals surface area contributed by atoms with Crippen LogP contribution in [0.15, 0.2) is 0 Å². The summed E-state index contributed by atoms with van der Waals surface area (Å²) in [6.45, 7) is 1.61. The second kappa shape index (κ2) is 4.84. The fourth-order valence-electron chi connectivity index (χ4n) is 1.41. The normalized spacial score (nSPS) is 19.5. The highest BCUT2D eigenvalue weighted by Gasteiger charge is 2.19. The van der Waals surface area contributed by atoms with Crippen molar-refractivity contribution in [3.8, 4) is 0 Å². The molecule has 13 heavy (non-hydrogen) atoms. The minimum atomic E-state index is -0.480. The van der Waals surface area contributed by atoms with Crippen molar-refractivity contribution in [1.82, 2.24) is 5.32 Å². The monoisotopic (exact) mass is 185 g/mol. The minimum Gasteiger partial charge on any atom is -0.446 e. The van der Waals surface area contributed by atoms with Crippen LogP contribution in [0.2, 0.25) is 0 Å². The van der Waals surface area contributed by atoms with Gasteiger partial charge in [-0.2, -0.15) is 0 Å². The molecule has 0 aromatic heterocycles. The van der Waals surface area contributed by atoms with Crippen LogP contribution in [0.3, 0.4) is 0 Å². The molecule has 0 saturated heterocycles. The molecular formula is C9H15NO3. The molecule has 0 spiro atoms. The van der Waals surface area contributed by atoms with Crippen LogP contribution in [-0.2, 0) is 9.53 Å². The Hall–Kier alpha value is -1.06. The summed E-state index contributed by atoms with van der Waals surface area (Å²) in [6.07, 6.45) is 4.40. The maximum atomic E-state index is 11.1. The number of carbonyl (C=O) groups excluding carboxylic acids is 2. The smallest absolute Gasteiger partial charge is 0.407 e. The molecule has 0 radical (unpaired) electrons. The summed E-state index contributed by atoms with van der Waals surface area (Å²) >= 11 is 0. The number of carbonyl (C=O) groups is 2. The number of ether oxygens (including phenoxy) is 1. The van der Waals surface area contributed by atoms with Gasteiger partial charge < -0.3 is 14.8 Å². The van der Waals surface area contributed by atoms with E-state index in [0.29, 0.717) is 6.29 Å². The third-order valence-corrected chi connectivity index (χ3v) is 2.13. The summed E-state index contributed by atoms with van der Waals surface area (Å²) < 4.78 is 5.07. The lowest BCUT2D eigenvalue weighted by atomic mass is 10.3. The molecule has 1 atom stereocenters. The third kappa shape index (κ3) is 3.44. The first-order valence-corrected chi connectivity index (χ1v) is 4.65. The van der Waals surface area contributed by atoms with Crippen molar-refractivity contribution in [3.63, 3.8) is 0 Å². The summed E-state index contributed by atoms with van der Waals surface area (Å²) in [5.41, 5.74) is 0. The largest absolute Gasteiger partial charge is 0.446 e. The van der Waals surface area contributed by atoms with Gasteiger partial charge in [0.2, 0.25) is 0 Å². The molecule has 1 aliphatic rings. The van der Waals surface area contributed by atoms with Crippen LogP contribution in [0.5, 0.6) is 0 Å². The van der Waals surface area contributed by atoms with E-state index in [0.717, 1.165) is 25.7 Å². The molecule has 4 heteroatoms. The van der Waals surface area contributed by atoms with Gasteiger partial charge >= 0.3 is 6.09 Å². The lowest BCUT2D eigenvalue weighted by Crippen LogP contribution is -2.35. The molecule has 1 saturated carbocycles. The van der Waals surface area contributed by atoms with Crippen LogP contribution < -0.4 is 5.32 Å². The van der Waals surface area contributed by atoms with Gasteiger partial charge in [-0.05, 0) is 32.6 Å². The fraction of sp³-hybridized carbons (Fsp3) is 0.778. The average Bonchev–Trinajstić information content (AvgIpc) is 2.56. The molecule has 1 N–H and O–H groups in total. The Kier molecular flexibility index (Phi) is 3.73. The van der Waals surface area contributed by atoms with Crippen LogP contribution in [0.4, 0.5) is 4.79 Å². The van der Waals surface area contributed by atoms with E-state index in [1.54, 1.807) is 6.92 Å². The standard InChI is InChI=1S/C9H15NO3/c1-7(6-11)10-9(12)13-8-4-2-3-5-8/h6-8H,2-5H2,1H3,(H,10,12). The van der Waals surface area contributed by atoms with Crippen molar-refractivity contribution in [3.05, 3.63) is 0 Å². The van der Waals surface area contributed by atoms with Gasteiger partial charge in [0, 0.05) is 0 Å². The first-order valence-electron chi connectivity index (χ1n) is 4.65. The maximum absolute atomic E-state index is 11.1. The van der Waals surface area contributed by atoms with Gasteiger partial charge in [-0.15, -0.1) is 0 Å². The van der Waals surface area contributed by atoms with Crippen LogP contribution in [0.25, 0.3) is 0 Å². The lowest BCUT2D eigenvalue weighted by Gasteiger charge is -2.13. The zero-order chi connectivity index (χ0) is 9.68. The van der Waals surface area contributed by atoms with Crippen molar-refractivity contribution in [2.75, 3.05) is 0 Å². The summed E-state index contributed by atoms with van der Waals surface area (Å²) in [4.78, 5) is 21.3. The van der Waals surface area contributed by atoms with Crippen molar-refractivity contribution in [2.45, 2.75) is 44.8 Å². The predicted octanol–water partition coefficient (Wildman–Crippen LogP) is 1.24. The average molecular weight is 185 g/mol. The number of aldehydes is 1. The zero-order valence-electron chi connectivity index (χ0n) is 7.79. The summed E-state index contributed by atoms with van der Waals surface area (Å²) in [5.74, 6) is 0. The Morgan fingerprint density at radius 1 is 1.54 bits per heavy atom. The molecule has 0 aliphatic heterocycles. The zero-order valence-corrected chi connectivity index (χ0v) is 7.79. The molecular weight excluding hydrogens is 170 g/mol. The fourth-order valence-corrected chi connectivity index (χ4v) is 1.41. The van der Waals surface area contributed by atoms with Crippen molar-refractivity contribution in [2.24, 2.45) is 0 Å². The molecule has 1 amide bonds. The quantitative estimate of drug-likeness (QED) is 0.673. The first-order chi connectivity index (χ1) is 6.22.